The smallest absolute Gasteiger partial charge is 0.334 e. The van der Waals surface area contributed by atoms with Crippen molar-refractivity contribution in [3.8, 4) is 0 Å². The van der Waals surface area contributed by atoms with Crippen molar-refractivity contribution in [3.05, 3.63) is 35.6 Å². The van der Waals surface area contributed by atoms with Crippen LogP contribution in [0.1, 0.15) is 25.3 Å². The van der Waals surface area contributed by atoms with Crippen molar-refractivity contribution in [1.29, 1.82) is 0 Å². The second-order valence-corrected chi connectivity index (χ2v) is 5.35. The molecule has 0 bridgehead atoms. The van der Waals surface area contributed by atoms with E-state index in [1.54, 1.807) is 6.07 Å². The first kappa shape index (κ1) is 17.6. The molecule has 8 heteroatoms. The van der Waals surface area contributed by atoms with Gasteiger partial charge in [-0.05, 0) is 12.5 Å². The molecule has 0 unspecified atom stereocenters. The lowest BCUT2D eigenvalue weighted by atomic mass is 10.2. The van der Waals surface area contributed by atoms with E-state index in [9.17, 15) is 23.6 Å². The number of nitrogens with one attached hydrogen (secondary N) is 1. The maximum Gasteiger partial charge on any atom is 0.334 e. The number of rotatable bonds is 7. The van der Waals surface area contributed by atoms with Crippen LogP contribution >= 0.6 is 0 Å². The van der Waals surface area contributed by atoms with Gasteiger partial charge in [-0.25, -0.2) is 14.1 Å². The molecular weight excluding hydrogens is 317 g/mol. The average molecular weight is 335 g/mol. The number of imide groups is 2. The Bertz CT molecular complexity index is 677. The van der Waals surface area contributed by atoms with Crippen molar-refractivity contribution in [2.24, 2.45) is 0 Å². The summed E-state index contributed by atoms with van der Waals surface area (Å²) in [6.45, 7) is 1.39. The number of nitrogens with zero attached hydrogens (tertiary/aromatic N) is 2. The largest absolute Gasteiger partial charge is 0.350 e. The van der Waals surface area contributed by atoms with Gasteiger partial charge in [-0.1, -0.05) is 31.5 Å². The van der Waals surface area contributed by atoms with Gasteiger partial charge in [0.05, 0.1) is 0 Å². The summed E-state index contributed by atoms with van der Waals surface area (Å²) in [5.74, 6) is -3.05. The number of unbranched alkanes of at least 4 members (excludes halogenated alkanes) is 1. The number of hydrogen-bond donors (Lipinski definition) is 1. The van der Waals surface area contributed by atoms with Crippen LogP contribution in [0.4, 0.5) is 9.18 Å². The van der Waals surface area contributed by atoms with Gasteiger partial charge in [-0.3, -0.25) is 19.3 Å². The minimum Gasteiger partial charge on any atom is -0.350 e. The van der Waals surface area contributed by atoms with E-state index in [1.165, 1.54) is 18.2 Å². The molecule has 1 aromatic rings. The van der Waals surface area contributed by atoms with E-state index < -0.39 is 36.1 Å². The fourth-order valence-corrected chi connectivity index (χ4v) is 2.24. The molecule has 1 aromatic carbocycles. The van der Waals surface area contributed by atoms with Crippen molar-refractivity contribution >= 4 is 23.8 Å². The lowest BCUT2D eigenvalue weighted by molar-refractivity contribution is -0.144. The zero-order valence-corrected chi connectivity index (χ0v) is 13.3. The normalized spacial score (nSPS) is 14.5. The lowest BCUT2D eigenvalue weighted by Crippen LogP contribution is -2.41. The van der Waals surface area contributed by atoms with Gasteiger partial charge in [-0.15, -0.1) is 0 Å². The monoisotopic (exact) mass is 335 g/mol. The van der Waals surface area contributed by atoms with Gasteiger partial charge < -0.3 is 5.32 Å². The molecule has 0 radical (unpaired) electrons. The first-order valence-corrected chi connectivity index (χ1v) is 7.63. The molecule has 0 saturated carbocycles. The first-order valence-electron chi connectivity index (χ1n) is 7.63. The summed E-state index contributed by atoms with van der Waals surface area (Å²) in [6, 6.07) is 5.14. The van der Waals surface area contributed by atoms with Crippen molar-refractivity contribution in [2.45, 2.75) is 26.3 Å². The van der Waals surface area contributed by atoms with Gasteiger partial charge in [0.2, 0.25) is 5.91 Å². The number of benzene rings is 1. The molecular formula is C16H18FN3O4. The Balaban J connectivity index is 1.93. The Kier molecular flexibility index (Phi) is 5.62. The summed E-state index contributed by atoms with van der Waals surface area (Å²) in [5, 5.41) is 2.43. The molecule has 7 nitrogen and oxygen atoms in total. The standard InChI is InChI=1S/C16H18FN3O4/c1-2-3-8-19-14(22)15(23)20(16(19)24)10-13(21)18-9-11-6-4-5-7-12(11)17/h4-7H,2-3,8-10H2,1H3,(H,18,21). The maximum absolute atomic E-state index is 13.5. The van der Waals surface area contributed by atoms with Crippen LogP contribution in [-0.4, -0.2) is 46.6 Å². The van der Waals surface area contributed by atoms with Crippen LogP contribution in [0.3, 0.4) is 0 Å². The van der Waals surface area contributed by atoms with Crippen LogP contribution in [0.5, 0.6) is 0 Å². The summed E-state index contributed by atoms with van der Waals surface area (Å²) >= 11 is 0. The minimum atomic E-state index is -1.02. The van der Waals surface area contributed by atoms with Crippen LogP contribution in [0.15, 0.2) is 24.3 Å². The zero-order valence-electron chi connectivity index (χ0n) is 13.3. The van der Waals surface area contributed by atoms with Gasteiger partial charge in [-0.2, -0.15) is 0 Å². The van der Waals surface area contributed by atoms with Crippen molar-refractivity contribution in [2.75, 3.05) is 13.1 Å². The predicted octanol–water partition coefficient (Wildman–Crippen LogP) is 1.03. The first-order chi connectivity index (χ1) is 11.5. The number of urea groups is 1. The Morgan fingerprint density at radius 2 is 1.79 bits per heavy atom. The Labute approximate surface area is 138 Å². The van der Waals surface area contributed by atoms with E-state index in [0.29, 0.717) is 11.3 Å². The number of halogens is 1. The molecule has 1 aliphatic rings. The van der Waals surface area contributed by atoms with Crippen LogP contribution in [-0.2, 0) is 20.9 Å². The highest BCUT2D eigenvalue weighted by molar-refractivity contribution is 6.45. The Morgan fingerprint density at radius 1 is 1.12 bits per heavy atom. The number of hydrogen-bond acceptors (Lipinski definition) is 4. The quantitative estimate of drug-likeness (QED) is 0.596. The summed E-state index contributed by atoms with van der Waals surface area (Å²) in [7, 11) is 0. The molecule has 1 N–H and O–H groups in total. The van der Waals surface area contributed by atoms with E-state index in [0.717, 1.165) is 11.3 Å². The minimum absolute atomic E-state index is 0.0742. The van der Waals surface area contributed by atoms with E-state index in [-0.39, 0.29) is 18.7 Å². The molecule has 128 valence electrons. The second-order valence-electron chi connectivity index (χ2n) is 5.35. The molecule has 1 saturated heterocycles. The molecule has 0 aliphatic carbocycles. The van der Waals surface area contributed by atoms with Gasteiger partial charge in [0.1, 0.15) is 12.4 Å². The highest BCUT2D eigenvalue weighted by Crippen LogP contribution is 2.13. The van der Waals surface area contributed by atoms with E-state index in [1.807, 2.05) is 6.92 Å². The van der Waals surface area contributed by atoms with Crippen LogP contribution < -0.4 is 5.32 Å². The number of amides is 5. The SMILES string of the molecule is CCCCN1C(=O)C(=O)N(CC(=O)NCc2ccccc2F)C1=O. The number of carbonyl (C=O) groups is 4. The molecule has 0 aromatic heterocycles. The highest BCUT2D eigenvalue weighted by Gasteiger charge is 2.44. The summed E-state index contributed by atoms with van der Waals surface area (Å²) in [6.07, 6.45) is 1.34. The highest BCUT2D eigenvalue weighted by atomic mass is 19.1. The van der Waals surface area contributed by atoms with Gasteiger partial charge in [0.25, 0.3) is 0 Å². The average Bonchev–Trinajstić information content (AvgIpc) is 2.76. The van der Waals surface area contributed by atoms with Gasteiger partial charge >= 0.3 is 17.8 Å². The van der Waals surface area contributed by atoms with Crippen molar-refractivity contribution < 1.29 is 23.6 Å². The van der Waals surface area contributed by atoms with Crippen molar-refractivity contribution in [1.82, 2.24) is 15.1 Å². The van der Waals surface area contributed by atoms with E-state index >= 15 is 0 Å². The van der Waals surface area contributed by atoms with Crippen LogP contribution in [0.2, 0.25) is 0 Å². The third kappa shape index (κ3) is 3.76. The molecule has 2 rings (SSSR count). The molecule has 0 atom stereocenters. The molecule has 1 aliphatic heterocycles. The van der Waals surface area contributed by atoms with E-state index in [4.69, 9.17) is 0 Å². The van der Waals surface area contributed by atoms with Gasteiger partial charge in [0, 0.05) is 18.7 Å². The Hall–Kier alpha value is -2.77. The van der Waals surface area contributed by atoms with Crippen molar-refractivity contribution in [3.63, 3.8) is 0 Å². The van der Waals surface area contributed by atoms with Crippen LogP contribution in [0.25, 0.3) is 0 Å². The van der Waals surface area contributed by atoms with Gasteiger partial charge in [0.15, 0.2) is 0 Å². The fourth-order valence-electron chi connectivity index (χ4n) is 2.24. The molecule has 1 fully saturated rings. The fraction of sp³-hybridized carbons (Fsp3) is 0.375. The zero-order chi connectivity index (χ0) is 17.7. The third-order valence-electron chi connectivity index (χ3n) is 3.61. The predicted molar refractivity (Wildman–Crippen MR) is 82.0 cm³/mol. The maximum atomic E-state index is 13.5. The van der Waals surface area contributed by atoms with E-state index in [2.05, 4.69) is 5.32 Å². The molecule has 5 amide bonds. The Morgan fingerprint density at radius 3 is 2.46 bits per heavy atom. The molecule has 24 heavy (non-hydrogen) atoms. The topological polar surface area (TPSA) is 86.8 Å². The lowest BCUT2D eigenvalue weighted by Gasteiger charge is -2.15. The third-order valence-corrected chi connectivity index (χ3v) is 3.61. The molecule has 0 spiro atoms. The van der Waals surface area contributed by atoms with Crippen LogP contribution in [0, 0.1) is 5.82 Å². The molecule has 1 heterocycles. The second kappa shape index (κ2) is 7.67. The summed E-state index contributed by atoms with van der Waals surface area (Å²) in [4.78, 5) is 49.0. The summed E-state index contributed by atoms with van der Waals surface area (Å²) < 4.78 is 13.5. The number of carbonyl (C=O) groups excluding carboxylic acids is 4. The summed E-state index contributed by atoms with van der Waals surface area (Å²) in [5.41, 5.74) is 0.283.